The summed E-state index contributed by atoms with van der Waals surface area (Å²) in [6.45, 7) is 1.99. The Morgan fingerprint density at radius 1 is 0.943 bits per heavy atom. The van der Waals surface area contributed by atoms with Crippen LogP contribution < -0.4 is 11.1 Å². The van der Waals surface area contributed by atoms with Crippen LogP contribution in [0.3, 0.4) is 0 Å². The lowest BCUT2D eigenvalue weighted by molar-refractivity contribution is 0.102. The van der Waals surface area contributed by atoms with Gasteiger partial charge in [-0.3, -0.25) is 10.1 Å². The largest absolute Gasteiger partial charge is 0.383 e. The van der Waals surface area contributed by atoms with Crippen molar-refractivity contribution in [2.75, 3.05) is 11.1 Å². The highest BCUT2D eigenvalue weighted by Crippen LogP contribution is 2.42. The smallest absolute Gasteiger partial charge is 0.257 e. The van der Waals surface area contributed by atoms with Gasteiger partial charge in [-0.1, -0.05) is 59.4 Å². The van der Waals surface area contributed by atoms with Gasteiger partial charge in [-0.05, 0) is 50.3 Å². The van der Waals surface area contributed by atoms with Crippen LogP contribution in [-0.2, 0) is 12.8 Å². The molecule has 6 rings (SSSR count). The fraction of sp³-hybridized carbons (Fsp3) is 0.185. The summed E-state index contributed by atoms with van der Waals surface area (Å²) in [6.07, 6.45) is 4.50. The second kappa shape index (κ2) is 8.87. The number of rotatable bonds is 4. The first-order chi connectivity index (χ1) is 17.1. The van der Waals surface area contributed by atoms with E-state index in [1.165, 1.54) is 34.6 Å². The summed E-state index contributed by atoms with van der Waals surface area (Å²) in [7, 11) is 0. The van der Waals surface area contributed by atoms with Crippen LogP contribution >= 0.6 is 22.7 Å². The molecule has 3 aromatic heterocycles. The Kier molecular flexibility index (Phi) is 5.54. The predicted molar refractivity (Wildman–Crippen MR) is 144 cm³/mol. The van der Waals surface area contributed by atoms with Crippen LogP contribution in [0.5, 0.6) is 0 Å². The normalized spacial score (nSPS) is 13.1. The van der Waals surface area contributed by atoms with Crippen LogP contribution in [0.2, 0.25) is 0 Å². The molecule has 3 N–H and O–H groups in total. The first-order valence-electron chi connectivity index (χ1n) is 11.6. The minimum absolute atomic E-state index is 0.202. The Bertz CT molecular complexity index is 1550. The van der Waals surface area contributed by atoms with E-state index >= 15 is 0 Å². The fourth-order valence-corrected chi connectivity index (χ4v) is 6.66. The van der Waals surface area contributed by atoms with Gasteiger partial charge in [-0.2, -0.15) is 0 Å². The third kappa shape index (κ3) is 4.09. The van der Waals surface area contributed by atoms with Crippen LogP contribution in [0.1, 0.15) is 39.2 Å². The van der Waals surface area contributed by atoms with Crippen molar-refractivity contribution in [2.24, 2.45) is 0 Å². The van der Waals surface area contributed by atoms with Crippen molar-refractivity contribution in [3.05, 3.63) is 76.2 Å². The van der Waals surface area contributed by atoms with Crippen LogP contribution in [0.15, 0.2) is 54.6 Å². The van der Waals surface area contributed by atoms with Gasteiger partial charge >= 0.3 is 0 Å². The molecule has 35 heavy (non-hydrogen) atoms. The van der Waals surface area contributed by atoms with E-state index in [9.17, 15) is 4.79 Å². The van der Waals surface area contributed by atoms with Crippen LogP contribution in [0.4, 0.5) is 10.9 Å². The molecule has 0 aliphatic heterocycles. The Labute approximate surface area is 210 Å². The number of fused-ring (bicyclic) bond motifs is 3. The molecule has 0 unspecified atom stereocenters. The number of nitrogen functional groups attached to an aromatic ring is 1. The number of aryl methyl sites for hydroxylation is 3. The van der Waals surface area contributed by atoms with E-state index in [1.807, 2.05) is 61.5 Å². The molecule has 6 nitrogen and oxygen atoms in total. The minimum Gasteiger partial charge on any atom is -0.383 e. The van der Waals surface area contributed by atoms with E-state index in [2.05, 4.69) is 5.32 Å². The van der Waals surface area contributed by atoms with Crippen LogP contribution in [0.25, 0.3) is 32.2 Å². The Hall–Kier alpha value is -3.62. The highest BCUT2D eigenvalue weighted by atomic mass is 32.1. The zero-order valence-electron chi connectivity index (χ0n) is 19.2. The Balaban J connectivity index is 1.44. The molecule has 1 aliphatic rings. The molecule has 0 atom stereocenters. The van der Waals surface area contributed by atoms with Gasteiger partial charge in [0, 0.05) is 16.0 Å². The topological polar surface area (TPSA) is 93.8 Å². The van der Waals surface area contributed by atoms with Gasteiger partial charge in [0.15, 0.2) is 11.0 Å². The predicted octanol–water partition coefficient (Wildman–Crippen LogP) is 6.50. The van der Waals surface area contributed by atoms with E-state index in [1.54, 1.807) is 11.3 Å². The van der Waals surface area contributed by atoms with Crippen LogP contribution in [0, 0.1) is 6.92 Å². The maximum absolute atomic E-state index is 12.9. The molecule has 0 fully saturated rings. The highest BCUT2D eigenvalue weighted by Gasteiger charge is 2.24. The van der Waals surface area contributed by atoms with Gasteiger partial charge < -0.3 is 5.73 Å². The molecule has 8 heteroatoms. The summed E-state index contributed by atoms with van der Waals surface area (Å²) in [6, 6.07) is 17.4. The first kappa shape index (κ1) is 21.9. The van der Waals surface area contributed by atoms with Gasteiger partial charge in [0.05, 0.1) is 11.1 Å². The Morgan fingerprint density at radius 3 is 2.51 bits per heavy atom. The number of nitrogens with zero attached hydrogens (tertiary/aromatic N) is 3. The van der Waals surface area contributed by atoms with Gasteiger partial charge in [-0.25, -0.2) is 15.0 Å². The number of aromatic nitrogens is 3. The number of nitrogens with two attached hydrogens (primary N) is 1. The van der Waals surface area contributed by atoms with Gasteiger partial charge in [0.1, 0.15) is 15.5 Å². The number of thiophene rings is 1. The van der Waals surface area contributed by atoms with Crippen molar-refractivity contribution >= 4 is 49.7 Å². The molecule has 1 amide bonds. The molecule has 0 radical (unpaired) electrons. The monoisotopic (exact) mass is 497 g/mol. The summed E-state index contributed by atoms with van der Waals surface area (Å²) in [5, 5.41) is 4.46. The van der Waals surface area contributed by atoms with Gasteiger partial charge in [-0.15, -0.1) is 11.3 Å². The second-order valence-corrected chi connectivity index (χ2v) is 10.8. The molecule has 5 aromatic rings. The summed E-state index contributed by atoms with van der Waals surface area (Å²) in [5.41, 5.74) is 11.2. The van der Waals surface area contributed by atoms with E-state index in [0.717, 1.165) is 44.8 Å². The summed E-state index contributed by atoms with van der Waals surface area (Å²) in [5.74, 6) is 0.856. The third-order valence-electron chi connectivity index (χ3n) is 6.25. The number of hydrogen-bond donors (Lipinski definition) is 2. The number of carbonyl (C=O) groups is 1. The number of amides is 1. The van der Waals surface area contributed by atoms with E-state index in [4.69, 9.17) is 20.7 Å². The summed E-state index contributed by atoms with van der Waals surface area (Å²) < 4.78 is 0. The zero-order valence-corrected chi connectivity index (χ0v) is 20.8. The molecule has 0 saturated heterocycles. The number of thiazole rings is 1. The molecule has 3 heterocycles. The van der Waals surface area contributed by atoms with Crippen molar-refractivity contribution in [1.29, 1.82) is 0 Å². The highest BCUT2D eigenvalue weighted by molar-refractivity contribution is 7.20. The lowest BCUT2D eigenvalue weighted by Gasteiger charge is -2.10. The molecule has 174 valence electrons. The lowest BCUT2D eigenvalue weighted by Crippen LogP contribution is -2.11. The quantitative estimate of drug-likeness (QED) is 0.295. The first-order valence-corrected chi connectivity index (χ1v) is 13.2. The summed E-state index contributed by atoms with van der Waals surface area (Å²) in [4.78, 5) is 30.4. The van der Waals surface area contributed by atoms with Crippen molar-refractivity contribution in [1.82, 2.24) is 15.0 Å². The van der Waals surface area contributed by atoms with E-state index in [-0.39, 0.29) is 5.91 Å². The molecule has 0 saturated carbocycles. The molecule has 0 spiro atoms. The number of anilines is 2. The van der Waals surface area contributed by atoms with Crippen molar-refractivity contribution in [3.63, 3.8) is 0 Å². The van der Waals surface area contributed by atoms with Crippen molar-refractivity contribution in [3.8, 4) is 22.0 Å². The average Bonchev–Trinajstić information content (AvgIpc) is 3.46. The minimum atomic E-state index is -0.202. The van der Waals surface area contributed by atoms with Crippen LogP contribution in [-0.4, -0.2) is 20.9 Å². The van der Waals surface area contributed by atoms with Gasteiger partial charge in [0.2, 0.25) is 0 Å². The number of hydrogen-bond acceptors (Lipinski definition) is 7. The molecule has 0 bridgehead atoms. The third-order valence-corrected chi connectivity index (χ3v) is 8.41. The number of benzene rings is 2. The summed E-state index contributed by atoms with van der Waals surface area (Å²) >= 11 is 3.09. The molecule has 1 aliphatic carbocycles. The number of carbonyl (C=O) groups excluding carboxylic acids is 1. The van der Waals surface area contributed by atoms with Crippen molar-refractivity contribution in [2.45, 2.75) is 32.6 Å². The number of nitrogens with one attached hydrogen (secondary N) is 1. The zero-order chi connectivity index (χ0) is 23.9. The van der Waals surface area contributed by atoms with E-state index < -0.39 is 0 Å². The Morgan fingerprint density at radius 2 is 1.71 bits per heavy atom. The maximum atomic E-state index is 12.9. The maximum Gasteiger partial charge on any atom is 0.257 e. The van der Waals surface area contributed by atoms with E-state index in [0.29, 0.717) is 22.3 Å². The van der Waals surface area contributed by atoms with Crippen molar-refractivity contribution < 1.29 is 4.79 Å². The second-order valence-electron chi connectivity index (χ2n) is 8.71. The SMILES string of the molecule is Cc1ccc(C(=O)Nc2nc(-c3ccccc3)c(-c3nc(N)c4c5c(sc4n3)CCCC5)s2)cc1. The average molecular weight is 498 g/mol. The standard InChI is InChI=1S/C27H23N5OS2/c1-15-11-13-17(14-12-15)25(33)32-27-29-21(16-7-3-2-4-8-16)22(35-27)24-30-23(28)20-18-9-5-6-10-19(18)34-26(20)31-24/h2-4,7-8,11-14H,5-6,9-10H2,1H3,(H2,28,30,31)(H,29,32,33). The fourth-order valence-electron chi connectivity index (χ4n) is 4.48. The molecular formula is C27H23N5OS2. The van der Waals surface area contributed by atoms with Gasteiger partial charge in [0.25, 0.3) is 5.91 Å². The molecule has 2 aromatic carbocycles. The lowest BCUT2D eigenvalue weighted by atomic mass is 9.97. The molecular weight excluding hydrogens is 474 g/mol.